The molecule has 3 fully saturated rings. The first-order valence-electron chi connectivity index (χ1n) is 17.1. The number of hydrogen-bond acceptors (Lipinski definition) is 11. The molecule has 2 aromatic carbocycles. The number of benzene rings is 2. The van der Waals surface area contributed by atoms with Crippen molar-refractivity contribution in [2.45, 2.75) is 50.2 Å². The number of alkyl halides is 1. The standard InChI is InChI=1S/C36H34ClF3N8O3S/c1-50-26-8-13-48(45-26)34(49)19-4-2-10-46(12-7-19)33-22-14-24(37)28(21-5-6-25(39)31-27(21)23(16-41)32(42)52-31)29(40)30(22)43-35(44-33)51-18-36-9-3-11-47(36)17-20(38)15-36/h5-6,8,13-14,19-20H,2-4,7,9-12,15,17-18,42H2,1H3/t19?,20-,36+/m1/s1. The molecule has 3 aliphatic heterocycles. The van der Waals surface area contributed by atoms with Gasteiger partial charge in [-0.2, -0.15) is 15.2 Å². The van der Waals surface area contributed by atoms with Crippen molar-refractivity contribution in [3.8, 4) is 29.1 Å². The third kappa shape index (κ3) is 5.77. The third-order valence-corrected chi connectivity index (χ3v) is 12.0. The summed E-state index contributed by atoms with van der Waals surface area (Å²) >= 11 is 7.79. The van der Waals surface area contributed by atoms with Crippen LogP contribution in [0.2, 0.25) is 5.02 Å². The van der Waals surface area contributed by atoms with Crippen LogP contribution >= 0.6 is 22.9 Å². The van der Waals surface area contributed by atoms with E-state index in [0.29, 0.717) is 62.4 Å². The Kier molecular flexibility index (Phi) is 8.87. The molecular formula is C36H34ClF3N8O3S. The topological polar surface area (TPSA) is 135 Å². The molecule has 0 amide bonds. The highest BCUT2D eigenvalue weighted by Gasteiger charge is 2.49. The number of hydrogen-bond donors (Lipinski definition) is 1. The molecule has 0 bridgehead atoms. The number of anilines is 2. The van der Waals surface area contributed by atoms with Crippen LogP contribution in [0.3, 0.4) is 0 Å². The summed E-state index contributed by atoms with van der Waals surface area (Å²) in [5.74, 6) is -1.17. The van der Waals surface area contributed by atoms with E-state index in [4.69, 9.17) is 31.8 Å². The fourth-order valence-electron chi connectivity index (χ4n) is 8.15. The number of rotatable bonds is 7. The zero-order chi connectivity index (χ0) is 36.3. The van der Waals surface area contributed by atoms with Crippen molar-refractivity contribution >= 4 is 60.7 Å². The van der Waals surface area contributed by atoms with Crippen LogP contribution in [0.15, 0.2) is 30.5 Å². The molecule has 3 aliphatic rings. The van der Waals surface area contributed by atoms with E-state index < -0.39 is 23.3 Å². The molecule has 52 heavy (non-hydrogen) atoms. The largest absolute Gasteiger partial charge is 0.480 e. The zero-order valence-corrected chi connectivity index (χ0v) is 29.7. The van der Waals surface area contributed by atoms with Crippen LogP contribution in [0.5, 0.6) is 11.9 Å². The first-order chi connectivity index (χ1) is 25.1. The first-order valence-corrected chi connectivity index (χ1v) is 18.3. The second-order valence-corrected chi connectivity index (χ2v) is 15.1. The zero-order valence-electron chi connectivity index (χ0n) is 28.2. The summed E-state index contributed by atoms with van der Waals surface area (Å²) in [5, 5.41) is 14.7. The van der Waals surface area contributed by atoms with Crippen molar-refractivity contribution in [3.63, 3.8) is 0 Å². The summed E-state index contributed by atoms with van der Waals surface area (Å²) in [6.07, 6.45) is 4.31. The lowest BCUT2D eigenvalue weighted by atomic mass is 9.95. The van der Waals surface area contributed by atoms with E-state index in [0.717, 1.165) is 30.7 Å². The number of ether oxygens (including phenoxy) is 2. The summed E-state index contributed by atoms with van der Waals surface area (Å²) in [7, 11) is 1.49. The third-order valence-electron chi connectivity index (χ3n) is 10.6. The summed E-state index contributed by atoms with van der Waals surface area (Å²) in [6, 6.07) is 7.70. The quantitative estimate of drug-likeness (QED) is 0.185. The molecule has 3 saturated heterocycles. The van der Waals surface area contributed by atoms with Gasteiger partial charge in [0.1, 0.15) is 41.0 Å². The molecule has 11 nitrogen and oxygen atoms in total. The number of fused-ring (bicyclic) bond motifs is 3. The van der Waals surface area contributed by atoms with Crippen molar-refractivity contribution < 1.29 is 27.4 Å². The van der Waals surface area contributed by atoms with Crippen molar-refractivity contribution in [1.29, 1.82) is 5.26 Å². The van der Waals surface area contributed by atoms with E-state index in [1.165, 1.54) is 23.9 Å². The fourth-order valence-corrected chi connectivity index (χ4v) is 9.39. The van der Waals surface area contributed by atoms with Crippen LogP contribution in [-0.2, 0) is 0 Å². The van der Waals surface area contributed by atoms with Crippen molar-refractivity contribution in [1.82, 2.24) is 24.6 Å². The normalized spacial score (nSPS) is 22.1. The van der Waals surface area contributed by atoms with E-state index >= 15 is 4.39 Å². The molecule has 3 atom stereocenters. The van der Waals surface area contributed by atoms with E-state index in [1.54, 1.807) is 18.3 Å². The van der Waals surface area contributed by atoms with Gasteiger partial charge in [0.05, 0.1) is 27.9 Å². The highest BCUT2D eigenvalue weighted by molar-refractivity contribution is 7.23. The van der Waals surface area contributed by atoms with Gasteiger partial charge in [-0.1, -0.05) is 17.7 Å². The maximum atomic E-state index is 17.1. The Morgan fingerprint density at radius 2 is 2.04 bits per heavy atom. The van der Waals surface area contributed by atoms with Gasteiger partial charge >= 0.3 is 6.01 Å². The molecule has 0 saturated carbocycles. The molecule has 16 heteroatoms. The van der Waals surface area contributed by atoms with Gasteiger partial charge in [0.15, 0.2) is 5.82 Å². The van der Waals surface area contributed by atoms with Crippen LogP contribution in [0, 0.1) is 28.9 Å². The van der Waals surface area contributed by atoms with Gasteiger partial charge in [0.2, 0.25) is 11.8 Å². The van der Waals surface area contributed by atoms with Crippen molar-refractivity contribution in [2.24, 2.45) is 5.92 Å². The lowest BCUT2D eigenvalue weighted by Crippen LogP contribution is -2.43. The number of nitriles is 1. The Bertz CT molecular complexity index is 2280. The van der Waals surface area contributed by atoms with Gasteiger partial charge < -0.3 is 20.1 Å². The van der Waals surface area contributed by atoms with E-state index in [-0.39, 0.29) is 66.8 Å². The average Bonchev–Trinajstić information content (AvgIpc) is 3.87. The molecule has 6 heterocycles. The molecule has 270 valence electrons. The molecule has 1 unspecified atom stereocenters. The van der Waals surface area contributed by atoms with Gasteiger partial charge in [-0.05, 0) is 56.3 Å². The molecular weight excluding hydrogens is 717 g/mol. The van der Waals surface area contributed by atoms with Gasteiger partial charge in [0.25, 0.3) is 0 Å². The minimum absolute atomic E-state index is 0.000947. The van der Waals surface area contributed by atoms with Crippen LogP contribution in [-0.4, -0.2) is 82.2 Å². The minimum atomic E-state index is -0.966. The molecule has 8 rings (SSSR count). The molecule has 2 N–H and O–H groups in total. The summed E-state index contributed by atoms with van der Waals surface area (Å²) in [4.78, 5) is 26.8. The second kappa shape index (κ2) is 13.4. The number of nitrogens with zero attached hydrogens (tertiary/aromatic N) is 7. The number of nitrogens with two attached hydrogens (primary N) is 1. The summed E-state index contributed by atoms with van der Waals surface area (Å²) in [5.41, 5.74) is 5.65. The Balaban J connectivity index is 1.21. The van der Waals surface area contributed by atoms with Crippen LogP contribution < -0.4 is 20.1 Å². The number of aromatic nitrogens is 4. The second-order valence-electron chi connectivity index (χ2n) is 13.6. The van der Waals surface area contributed by atoms with Crippen LogP contribution in [0.25, 0.3) is 32.1 Å². The predicted molar refractivity (Wildman–Crippen MR) is 192 cm³/mol. The lowest BCUT2D eigenvalue weighted by molar-refractivity contribution is 0.0805. The molecule has 0 spiro atoms. The van der Waals surface area contributed by atoms with Gasteiger partial charge in [-0.3, -0.25) is 9.69 Å². The fraction of sp³-hybridized carbons (Fsp3) is 0.417. The smallest absolute Gasteiger partial charge is 0.319 e. The van der Waals surface area contributed by atoms with E-state index in [1.807, 2.05) is 11.0 Å². The van der Waals surface area contributed by atoms with Gasteiger partial charge in [0, 0.05) is 60.6 Å². The number of carbonyl (C=O) groups excluding carboxylic acids is 1. The Morgan fingerprint density at radius 3 is 2.83 bits per heavy atom. The number of thiophene rings is 1. The summed E-state index contributed by atoms with van der Waals surface area (Å²) in [6.45, 7) is 2.14. The summed E-state index contributed by atoms with van der Waals surface area (Å²) < 4.78 is 59.5. The van der Waals surface area contributed by atoms with E-state index in [2.05, 4.69) is 15.0 Å². The Hall–Kier alpha value is -4.65. The van der Waals surface area contributed by atoms with Crippen LogP contribution in [0.1, 0.15) is 48.9 Å². The van der Waals surface area contributed by atoms with E-state index in [9.17, 15) is 18.8 Å². The first kappa shape index (κ1) is 34.4. The Labute approximate surface area is 305 Å². The van der Waals surface area contributed by atoms with Crippen molar-refractivity contribution in [3.05, 3.63) is 52.7 Å². The number of nitrogen functional groups attached to an aromatic ring is 1. The molecule has 3 aromatic heterocycles. The monoisotopic (exact) mass is 750 g/mol. The van der Waals surface area contributed by atoms with Crippen molar-refractivity contribution in [2.75, 3.05) is 50.5 Å². The number of halogens is 4. The van der Waals surface area contributed by atoms with Gasteiger partial charge in [-0.15, -0.1) is 16.4 Å². The predicted octanol–water partition coefficient (Wildman–Crippen LogP) is 7.00. The van der Waals surface area contributed by atoms with Crippen LogP contribution in [0.4, 0.5) is 24.0 Å². The highest BCUT2D eigenvalue weighted by Crippen LogP contribution is 2.46. The molecule has 5 aromatic rings. The maximum Gasteiger partial charge on any atom is 0.319 e. The Morgan fingerprint density at radius 1 is 1.19 bits per heavy atom. The molecule has 0 aliphatic carbocycles. The highest BCUT2D eigenvalue weighted by atomic mass is 35.5. The number of methoxy groups -OCH3 is 1. The average molecular weight is 751 g/mol. The van der Waals surface area contributed by atoms with Gasteiger partial charge in [-0.25, -0.2) is 17.9 Å². The molecule has 0 radical (unpaired) electrons. The number of carbonyl (C=O) groups is 1. The maximum absolute atomic E-state index is 17.1. The minimum Gasteiger partial charge on any atom is -0.480 e. The lowest BCUT2D eigenvalue weighted by Gasteiger charge is -2.31. The SMILES string of the molecule is COc1ccn(C(=O)C2CCCN(c3nc(OC[C@@]45CCCN4C[C@H](F)C5)nc4c(F)c(-c5ccc(F)c6sc(N)c(C#N)c56)c(Cl)cc34)CC2)n1.